The second-order valence-electron chi connectivity index (χ2n) is 4.21. The van der Waals surface area contributed by atoms with Gasteiger partial charge in [0.05, 0.1) is 11.9 Å². The molecule has 1 heterocycles. The third-order valence-corrected chi connectivity index (χ3v) is 2.78. The van der Waals surface area contributed by atoms with Gasteiger partial charge >= 0.3 is 0 Å². The standard InChI is InChI=1S/C12H14F2N4/c1-17(2)11-9(14)5-4-8(13)10(11)7-6-16-18(3)12(7)15/h4-6H,15H2,1-3H3. The molecule has 0 aliphatic heterocycles. The molecule has 0 spiro atoms. The molecule has 0 unspecified atom stereocenters. The van der Waals surface area contributed by atoms with Crippen molar-refractivity contribution in [3.05, 3.63) is 30.0 Å². The summed E-state index contributed by atoms with van der Waals surface area (Å²) in [5.41, 5.74) is 6.49. The molecule has 18 heavy (non-hydrogen) atoms. The Morgan fingerprint density at radius 3 is 2.33 bits per heavy atom. The van der Waals surface area contributed by atoms with E-state index in [1.54, 1.807) is 21.1 Å². The number of nitrogen functional groups attached to an aromatic ring is 1. The van der Waals surface area contributed by atoms with Crippen LogP contribution in [0.5, 0.6) is 0 Å². The number of aromatic nitrogens is 2. The Kier molecular flexibility index (Phi) is 2.94. The first-order chi connectivity index (χ1) is 8.43. The monoisotopic (exact) mass is 252 g/mol. The number of aryl methyl sites for hydroxylation is 1. The predicted molar refractivity (Wildman–Crippen MR) is 67.3 cm³/mol. The summed E-state index contributed by atoms with van der Waals surface area (Å²) in [5, 5.41) is 3.95. The van der Waals surface area contributed by atoms with Crippen molar-refractivity contribution < 1.29 is 8.78 Å². The Morgan fingerprint density at radius 2 is 1.83 bits per heavy atom. The topological polar surface area (TPSA) is 47.1 Å². The number of hydrogen-bond acceptors (Lipinski definition) is 3. The van der Waals surface area contributed by atoms with E-state index in [9.17, 15) is 8.78 Å². The first kappa shape index (κ1) is 12.3. The molecule has 2 aromatic rings. The number of nitrogens with zero attached hydrogens (tertiary/aromatic N) is 3. The van der Waals surface area contributed by atoms with Crippen LogP contribution in [0.2, 0.25) is 0 Å². The van der Waals surface area contributed by atoms with Crippen LogP contribution in [0.4, 0.5) is 20.3 Å². The fourth-order valence-electron chi connectivity index (χ4n) is 1.87. The van der Waals surface area contributed by atoms with Gasteiger partial charge in [0.1, 0.15) is 17.5 Å². The minimum Gasteiger partial charge on any atom is -0.383 e. The summed E-state index contributed by atoms with van der Waals surface area (Å²) in [4.78, 5) is 1.51. The minimum atomic E-state index is -0.528. The van der Waals surface area contributed by atoms with Crippen molar-refractivity contribution in [1.82, 2.24) is 9.78 Å². The molecular formula is C12H14F2N4. The molecule has 1 aromatic heterocycles. The molecule has 0 bridgehead atoms. The van der Waals surface area contributed by atoms with Crippen LogP contribution in [-0.2, 0) is 7.05 Å². The van der Waals surface area contributed by atoms with Crippen molar-refractivity contribution >= 4 is 11.5 Å². The van der Waals surface area contributed by atoms with Gasteiger partial charge in [0.2, 0.25) is 0 Å². The molecule has 2 N–H and O–H groups in total. The van der Waals surface area contributed by atoms with E-state index in [0.717, 1.165) is 12.1 Å². The van der Waals surface area contributed by atoms with Gasteiger partial charge in [-0.2, -0.15) is 5.10 Å². The van der Waals surface area contributed by atoms with Crippen LogP contribution in [0.1, 0.15) is 0 Å². The SMILES string of the molecule is CN(C)c1c(F)ccc(F)c1-c1cnn(C)c1N. The van der Waals surface area contributed by atoms with Gasteiger partial charge in [-0.3, -0.25) is 4.68 Å². The molecule has 6 heteroatoms. The van der Waals surface area contributed by atoms with E-state index < -0.39 is 11.6 Å². The summed E-state index contributed by atoms with van der Waals surface area (Å²) in [5.74, 6) is -0.734. The second kappa shape index (κ2) is 4.29. The van der Waals surface area contributed by atoms with Crippen molar-refractivity contribution in [2.45, 2.75) is 0 Å². The zero-order valence-corrected chi connectivity index (χ0v) is 10.4. The van der Waals surface area contributed by atoms with Crippen LogP contribution >= 0.6 is 0 Å². The number of benzene rings is 1. The summed E-state index contributed by atoms with van der Waals surface area (Å²) in [6.45, 7) is 0. The molecule has 0 aliphatic carbocycles. The molecule has 1 aromatic carbocycles. The third-order valence-electron chi connectivity index (χ3n) is 2.78. The van der Waals surface area contributed by atoms with Gasteiger partial charge in [-0.25, -0.2) is 8.78 Å². The van der Waals surface area contributed by atoms with Crippen molar-refractivity contribution in [3.63, 3.8) is 0 Å². The summed E-state index contributed by atoms with van der Waals surface area (Å²) in [6, 6.07) is 2.19. The first-order valence-electron chi connectivity index (χ1n) is 5.36. The Labute approximate surface area is 104 Å². The Bertz CT molecular complexity index is 590. The predicted octanol–water partition coefficient (Wildman–Crippen LogP) is 2.01. The van der Waals surface area contributed by atoms with Crippen molar-refractivity contribution in [3.8, 4) is 11.1 Å². The lowest BCUT2D eigenvalue weighted by molar-refractivity contribution is 0.602. The molecule has 0 saturated heterocycles. The molecule has 0 fully saturated rings. The largest absolute Gasteiger partial charge is 0.383 e. The van der Waals surface area contributed by atoms with Crippen LogP contribution in [0.25, 0.3) is 11.1 Å². The van der Waals surface area contributed by atoms with Crippen molar-refractivity contribution in [2.24, 2.45) is 7.05 Å². The number of hydrogen-bond donors (Lipinski definition) is 1. The second-order valence-corrected chi connectivity index (χ2v) is 4.21. The van der Waals surface area contributed by atoms with E-state index in [1.165, 1.54) is 15.8 Å². The smallest absolute Gasteiger partial charge is 0.147 e. The van der Waals surface area contributed by atoms with Crippen LogP contribution in [0.15, 0.2) is 18.3 Å². The van der Waals surface area contributed by atoms with Gasteiger partial charge in [-0.1, -0.05) is 0 Å². The van der Waals surface area contributed by atoms with Crippen LogP contribution in [0.3, 0.4) is 0 Å². The van der Waals surface area contributed by atoms with E-state index in [4.69, 9.17) is 5.73 Å². The van der Waals surface area contributed by atoms with Gasteiger partial charge in [0.15, 0.2) is 0 Å². The zero-order chi connectivity index (χ0) is 13.4. The average molecular weight is 252 g/mol. The number of anilines is 2. The molecule has 96 valence electrons. The van der Waals surface area contributed by atoms with E-state index in [0.29, 0.717) is 11.4 Å². The van der Waals surface area contributed by atoms with E-state index in [1.807, 2.05) is 0 Å². The van der Waals surface area contributed by atoms with Crippen LogP contribution < -0.4 is 10.6 Å². The first-order valence-corrected chi connectivity index (χ1v) is 5.36. The van der Waals surface area contributed by atoms with Gasteiger partial charge in [-0.15, -0.1) is 0 Å². The molecule has 0 radical (unpaired) electrons. The maximum Gasteiger partial charge on any atom is 0.147 e. The summed E-state index contributed by atoms with van der Waals surface area (Å²) in [7, 11) is 4.94. The number of rotatable bonds is 2. The van der Waals surface area contributed by atoms with Gasteiger partial charge in [0.25, 0.3) is 0 Å². The van der Waals surface area contributed by atoms with Crippen LogP contribution in [-0.4, -0.2) is 23.9 Å². The van der Waals surface area contributed by atoms with Crippen LogP contribution in [0, 0.1) is 11.6 Å². The highest BCUT2D eigenvalue weighted by atomic mass is 19.1. The normalized spacial score (nSPS) is 10.7. The Morgan fingerprint density at radius 1 is 1.22 bits per heavy atom. The summed E-state index contributed by atoms with van der Waals surface area (Å²) < 4.78 is 29.2. The molecular weight excluding hydrogens is 238 g/mol. The Hall–Kier alpha value is -2.11. The highest BCUT2D eigenvalue weighted by Gasteiger charge is 2.20. The van der Waals surface area contributed by atoms with E-state index in [2.05, 4.69) is 5.10 Å². The number of halogens is 2. The third kappa shape index (κ3) is 1.79. The van der Waals surface area contributed by atoms with Crippen molar-refractivity contribution in [2.75, 3.05) is 24.7 Å². The van der Waals surface area contributed by atoms with Crippen molar-refractivity contribution in [1.29, 1.82) is 0 Å². The minimum absolute atomic E-state index is 0.130. The molecule has 0 atom stereocenters. The fourth-order valence-corrected chi connectivity index (χ4v) is 1.87. The fraction of sp³-hybridized carbons (Fsp3) is 0.250. The molecule has 0 aliphatic rings. The maximum atomic E-state index is 14.0. The lowest BCUT2D eigenvalue weighted by Crippen LogP contribution is -2.13. The lowest BCUT2D eigenvalue weighted by Gasteiger charge is -2.18. The summed E-state index contributed by atoms with van der Waals surface area (Å²) in [6.07, 6.45) is 1.43. The van der Waals surface area contributed by atoms with Gasteiger partial charge in [-0.05, 0) is 12.1 Å². The number of nitrogens with two attached hydrogens (primary N) is 1. The van der Waals surface area contributed by atoms with E-state index in [-0.39, 0.29) is 11.3 Å². The average Bonchev–Trinajstić information content (AvgIpc) is 2.62. The molecule has 0 amide bonds. The summed E-state index contributed by atoms with van der Waals surface area (Å²) >= 11 is 0. The van der Waals surface area contributed by atoms with Gasteiger partial charge < -0.3 is 10.6 Å². The highest BCUT2D eigenvalue weighted by molar-refractivity contribution is 5.84. The molecule has 2 rings (SSSR count). The Balaban J connectivity index is 2.77. The quantitative estimate of drug-likeness (QED) is 0.889. The highest BCUT2D eigenvalue weighted by Crippen LogP contribution is 2.37. The van der Waals surface area contributed by atoms with E-state index >= 15 is 0 Å². The lowest BCUT2D eigenvalue weighted by atomic mass is 10.0. The zero-order valence-electron chi connectivity index (χ0n) is 10.4. The molecule has 0 saturated carbocycles. The maximum absolute atomic E-state index is 14.0. The van der Waals surface area contributed by atoms with Gasteiger partial charge in [0, 0.05) is 32.3 Å². The molecule has 4 nitrogen and oxygen atoms in total.